The zero-order valence-corrected chi connectivity index (χ0v) is 5.09. The van der Waals surface area contributed by atoms with Crippen molar-refractivity contribution in [2.75, 3.05) is 0 Å². The van der Waals surface area contributed by atoms with Crippen molar-refractivity contribution < 1.29 is 9.90 Å². The van der Waals surface area contributed by atoms with Crippen molar-refractivity contribution in [3.8, 4) is 0 Å². The largest absolute Gasteiger partial charge is 0.378 e. The average molecular weight is 123 g/mol. The minimum absolute atomic E-state index is 0.384. The van der Waals surface area contributed by atoms with Crippen LogP contribution in [-0.2, 0) is 4.79 Å². The number of carbonyl (C=O) groups excluding carboxylic acids is 1. The van der Waals surface area contributed by atoms with E-state index in [4.69, 9.17) is 5.11 Å². The number of ketones is 1. The third-order valence-corrected chi connectivity index (χ3v) is 1.19. The molecule has 2 nitrogen and oxygen atoms in total. The van der Waals surface area contributed by atoms with Gasteiger partial charge in [-0.3, -0.25) is 4.79 Å². The van der Waals surface area contributed by atoms with Crippen molar-refractivity contribution in [2.45, 2.75) is 12.5 Å². The molecule has 0 amide bonds. The predicted molar refractivity (Wildman–Crippen MR) is 32.6 cm³/mol. The second-order valence-electron chi connectivity index (χ2n) is 2.15. The van der Waals surface area contributed by atoms with Crippen LogP contribution in [0.5, 0.6) is 0 Å². The summed E-state index contributed by atoms with van der Waals surface area (Å²) in [7, 11) is 0. The Labute approximate surface area is 53.5 Å². The molecule has 0 aromatic carbocycles. The van der Waals surface area contributed by atoms with Crippen molar-refractivity contribution in [1.29, 1.82) is 0 Å². The highest BCUT2D eigenvalue weighted by molar-refractivity contribution is 5.96. The standard InChI is InChI=1S/C7H7O2/c1-7(9)5-3-2-4-6(7)8/h2-3,5,9H,1H3. The molecule has 0 saturated heterocycles. The first-order chi connectivity index (χ1) is 4.13. The molecule has 0 saturated carbocycles. The fraction of sp³-hybridized carbons (Fsp3) is 0.286. The van der Waals surface area contributed by atoms with Gasteiger partial charge >= 0.3 is 0 Å². The Morgan fingerprint density at radius 3 is 2.78 bits per heavy atom. The molecule has 0 bridgehead atoms. The summed E-state index contributed by atoms with van der Waals surface area (Å²) in [4.78, 5) is 10.7. The topological polar surface area (TPSA) is 37.3 Å². The van der Waals surface area contributed by atoms with Crippen LogP contribution in [0.1, 0.15) is 6.92 Å². The van der Waals surface area contributed by atoms with Crippen LogP contribution in [0, 0.1) is 6.08 Å². The highest BCUT2D eigenvalue weighted by Crippen LogP contribution is 2.10. The predicted octanol–water partition coefficient (Wildman–Crippen LogP) is 0.236. The SMILES string of the molecule is CC1(O)C=CC=[C]C1=O. The van der Waals surface area contributed by atoms with E-state index < -0.39 is 5.60 Å². The third kappa shape index (κ3) is 1.08. The number of allylic oxidation sites excluding steroid dienone is 2. The highest BCUT2D eigenvalue weighted by Gasteiger charge is 2.25. The molecule has 1 aliphatic carbocycles. The Hall–Kier alpha value is -0.890. The monoisotopic (exact) mass is 123 g/mol. The number of hydrogen-bond donors (Lipinski definition) is 1. The van der Waals surface area contributed by atoms with Gasteiger partial charge in [0.25, 0.3) is 0 Å². The number of hydrogen-bond acceptors (Lipinski definition) is 2. The Kier molecular flexibility index (Phi) is 1.25. The van der Waals surface area contributed by atoms with Crippen LogP contribution < -0.4 is 0 Å². The van der Waals surface area contributed by atoms with Gasteiger partial charge in [-0.05, 0) is 13.0 Å². The van der Waals surface area contributed by atoms with Crippen LogP contribution >= 0.6 is 0 Å². The van der Waals surface area contributed by atoms with Crippen LogP contribution in [0.15, 0.2) is 18.2 Å². The maximum Gasteiger partial charge on any atom is 0.198 e. The first-order valence-electron chi connectivity index (χ1n) is 2.67. The molecule has 0 fully saturated rings. The first kappa shape index (κ1) is 6.23. The van der Waals surface area contributed by atoms with Crippen LogP contribution in [-0.4, -0.2) is 16.5 Å². The quantitative estimate of drug-likeness (QED) is 0.501. The van der Waals surface area contributed by atoms with Gasteiger partial charge in [-0.15, -0.1) is 0 Å². The van der Waals surface area contributed by atoms with Crippen LogP contribution in [0.2, 0.25) is 0 Å². The fourth-order valence-corrected chi connectivity index (χ4v) is 0.581. The molecule has 0 aromatic rings. The van der Waals surface area contributed by atoms with Crippen molar-refractivity contribution in [1.82, 2.24) is 0 Å². The Balaban J connectivity index is 2.91. The Bertz CT molecular complexity index is 187. The molecule has 0 spiro atoms. The van der Waals surface area contributed by atoms with Crippen molar-refractivity contribution in [3.05, 3.63) is 24.3 Å². The maximum absolute atomic E-state index is 10.7. The Morgan fingerprint density at radius 2 is 2.44 bits per heavy atom. The number of carbonyl (C=O) groups is 1. The van der Waals surface area contributed by atoms with Gasteiger partial charge in [-0.2, -0.15) is 0 Å². The van der Waals surface area contributed by atoms with Crippen molar-refractivity contribution >= 4 is 5.78 Å². The molecule has 1 unspecified atom stereocenters. The van der Waals surface area contributed by atoms with Crippen LogP contribution in [0.3, 0.4) is 0 Å². The zero-order chi connectivity index (χ0) is 6.91. The number of rotatable bonds is 0. The first-order valence-corrected chi connectivity index (χ1v) is 2.67. The van der Waals surface area contributed by atoms with Gasteiger partial charge in [0.15, 0.2) is 5.78 Å². The van der Waals surface area contributed by atoms with Crippen molar-refractivity contribution in [2.24, 2.45) is 0 Å². The molecule has 1 N–H and O–H groups in total. The minimum atomic E-state index is -1.32. The number of aliphatic hydroxyl groups is 1. The lowest BCUT2D eigenvalue weighted by Gasteiger charge is -2.15. The lowest BCUT2D eigenvalue weighted by molar-refractivity contribution is -0.127. The van der Waals surface area contributed by atoms with Gasteiger partial charge in [0, 0.05) is 6.08 Å². The number of Topliss-reactive ketones (excluding diaryl/α,β-unsaturated/α-hetero) is 1. The van der Waals surface area contributed by atoms with Crippen LogP contribution in [0.4, 0.5) is 0 Å². The average Bonchev–Trinajstić information content (AvgIpc) is 1.77. The lowest BCUT2D eigenvalue weighted by Crippen LogP contribution is -2.32. The van der Waals surface area contributed by atoms with Gasteiger partial charge in [-0.1, -0.05) is 12.2 Å². The van der Waals surface area contributed by atoms with E-state index in [0.29, 0.717) is 0 Å². The second-order valence-corrected chi connectivity index (χ2v) is 2.15. The smallest absolute Gasteiger partial charge is 0.198 e. The van der Waals surface area contributed by atoms with Gasteiger partial charge in [-0.25, -0.2) is 0 Å². The van der Waals surface area contributed by atoms with E-state index in [0.717, 1.165) is 0 Å². The summed E-state index contributed by atoms with van der Waals surface area (Å²) < 4.78 is 0. The van der Waals surface area contributed by atoms with E-state index in [1.165, 1.54) is 19.1 Å². The zero-order valence-electron chi connectivity index (χ0n) is 5.09. The summed E-state index contributed by atoms with van der Waals surface area (Å²) in [6.07, 6.45) is 6.89. The Morgan fingerprint density at radius 1 is 1.78 bits per heavy atom. The van der Waals surface area contributed by atoms with E-state index in [-0.39, 0.29) is 5.78 Å². The fourth-order valence-electron chi connectivity index (χ4n) is 0.581. The summed E-state index contributed by atoms with van der Waals surface area (Å²) in [5.74, 6) is -0.384. The second kappa shape index (κ2) is 1.81. The molecule has 0 aliphatic heterocycles. The van der Waals surface area contributed by atoms with Crippen molar-refractivity contribution in [3.63, 3.8) is 0 Å². The van der Waals surface area contributed by atoms with E-state index in [1.807, 2.05) is 0 Å². The van der Waals surface area contributed by atoms with Gasteiger partial charge in [0.05, 0.1) is 0 Å². The van der Waals surface area contributed by atoms with Gasteiger partial charge < -0.3 is 5.11 Å². The van der Waals surface area contributed by atoms with E-state index in [2.05, 4.69) is 6.08 Å². The summed E-state index contributed by atoms with van der Waals surface area (Å²) in [6.45, 7) is 1.44. The summed E-state index contributed by atoms with van der Waals surface area (Å²) in [5.41, 5.74) is -1.32. The maximum atomic E-state index is 10.7. The highest BCUT2D eigenvalue weighted by atomic mass is 16.3. The third-order valence-electron chi connectivity index (χ3n) is 1.19. The molecule has 9 heavy (non-hydrogen) atoms. The summed E-state index contributed by atoms with van der Waals surface area (Å²) in [6, 6.07) is 0. The molecular weight excluding hydrogens is 116 g/mol. The van der Waals surface area contributed by atoms with E-state index in [9.17, 15) is 4.79 Å². The molecule has 1 rings (SSSR count). The molecule has 1 atom stereocenters. The van der Waals surface area contributed by atoms with Crippen LogP contribution in [0.25, 0.3) is 0 Å². The van der Waals surface area contributed by atoms with E-state index in [1.54, 1.807) is 6.08 Å². The molecule has 1 radical (unpaired) electrons. The summed E-state index contributed by atoms with van der Waals surface area (Å²) >= 11 is 0. The molecule has 0 aromatic heterocycles. The normalized spacial score (nSPS) is 33.3. The molecular formula is C7H7O2. The van der Waals surface area contributed by atoms with Gasteiger partial charge in [0.1, 0.15) is 5.60 Å². The molecule has 2 heteroatoms. The molecule has 1 aliphatic rings. The summed E-state index contributed by atoms with van der Waals surface area (Å²) in [5, 5.41) is 9.12. The molecule has 47 valence electrons. The van der Waals surface area contributed by atoms with E-state index >= 15 is 0 Å². The minimum Gasteiger partial charge on any atom is -0.378 e. The lowest BCUT2D eigenvalue weighted by atomic mass is 9.97. The molecule has 0 heterocycles. The van der Waals surface area contributed by atoms with Gasteiger partial charge in [0.2, 0.25) is 0 Å².